The predicted octanol–water partition coefficient (Wildman–Crippen LogP) is 2.12. The average molecular weight is 346 g/mol. The maximum atomic E-state index is 12.3. The molecule has 7 heteroatoms. The van der Waals surface area contributed by atoms with E-state index in [1.54, 1.807) is 23.4 Å². The molecule has 0 bridgehead atoms. The lowest BCUT2D eigenvalue weighted by molar-refractivity contribution is -0.117. The van der Waals surface area contributed by atoms with E-state index in [1.165, 1.54) is 0 Å². The molecule has 130 valence electrons. The van der Waals surface area contributed by atoms with Crippen molar-refractivity contribution >= 4 is 16.7 Å². The van der Waals surface area contributed by atoms with Gasteiger partial charge in [0, 0.05) is 56.0 Å². The third kappa shape index (κ3) is 3.23. The summed E-state index contributed by atoms with van der Waals surface area (Å²) in [7, 11) is 3.79. The predicted molar refractivity (Wildman–Crippen MR) is 97.4 cm³/mol. The van der Waals surface area contributed by atoms with Crippen molar-refractivity contribution in [3.05, 3.63) is 60.7 Å². The Bertz CT molecular complexity index is 1090. The van der Waals surface area contributed by atoms with Gasteiger partial charge in [-0.1, -0.05) is 0 Å². The number of nitrogens with zero attached hydrogens (tertiary/aromatic N) is 6. The van der Waals surface area contributed by atoms with Crippen LogP contribution in [0.2, 0.25) is 0 Å². The number of carbonyl (C=O) groups is 1. The zero-order valence-corrected chi connectivity index (χ0v) is 14.6. The summed E-state index contributed by atoms with van der Waals surface area (Å²) in [5.41, 5.74) is 4.44. The Morgan fingerprint density at radius 1 is 1.04 bits per heavy atom. The van der Waals surface area contributed by atoms with Crippen LogP contribution in [0.25, 0.3) is 22.2 Å². The third-order valence-corrected chi connectivity index (χ3v) is 4.27. The summed E-state index contributed by atoms with van der Waals surface area (Å²) in [5.74, 6) is 0.112. The summed E-state index contributed by atoms with van der Waals surface area (Å²) in [6.07, 6.45) is 11.3. The third-order valence-electron chi connectivity index (χ3n) is 4.27. The highest BCUT2D eigenvalue weighted by Gasteiger charge is 2.10. The Balaban J connectivity index is 1.58. The lowest BCUT2D eigenvalue weighted by Crippen LogP contribution is -2.07. The van der Waals surface area contributed by atoms with Crippen molar-refractivity contribution in [2.24, 2.45) is 14.1 Å². The SMILES string of the molecule is Cn1cc(CC(=O)Cc2cc3cc(-c4cncn4C)cnc3cn2)cn1. The van der Waals surface area contributed by atoms with Gasteiger partial charge >= 0.3 is 0 Å². The van der Waals surface area contributed by atoms with Gasteiger partial charge in [-0.25, -0.2) is 4.98 Å². The highest BCUT2D eigenvalue weighted by Crippen LogP contribution is 2.22. The highest BCUT2D eigenvalue weighted by atomic mass is 16.1. The Morgan fingerprint density at radius 3 is 2.65 bits per heavy atom. The molecule has 0 aliphatic carbocycles. The Hall–Kier alpha value is -3.35. The molecule has 26 heavy (non-hydrogen) atoms. The Labute approximate surface area is 150 Å². The second kappa shape index (κ2) is 6.51. The minimum atomic E-state index is 0.112. The summed E-state index contributed by atoms with van der Waals surface area (Å²) in [6, 6.07) is 3.99. The number of pyridine rings is 2. The molecule has 0 amide bonds. The number of aromatic nitrogens is 6. The van der Waals surface area contributed by atoms with Gasteiger partial charge in [0.2, 0.25) is 0 Å². The molecule has 0 atom stereocenters. The maximum Gasteiger partial charge on any atom is 0.143 e. The molecule has 4 aromatic rings. The number of imidazole rings is 1. The second-order valence-corrected chi connectivity index (χ2v) is 6.40. The maximum absolute atomic E-state index is 12.3. The minimum absolute atomic E-state index is 0.112. The second-order valence-electron chi connectivity index (χ2n) is 6.40. The highest BCUT2D eigenvalue weighted by molar-refractivity contribution is 5.86. The van der Waals surface area contributed by atoms with Crippen LogP contribution in [0.4, 0.5) is 0 Å². The Morgan fingerprint density at radius 2 is 1.92 bits per heavy atom. The fourth-order valence-electron chi connectivity index (χ4n) is 3.00. The first-order valence-corrected chi connectivity index (χ1v) is 8.29. The summed E-state index contributed by atoms with van der Waals surface area (Å²) in [4.78, 5) is 25.3. The van der Waals surface area contributed by atoms with E-state index in [-0.39, 0.29) is 5.78 Å². The molecule has 4 rings (SSSR count). The average Bonchev–Trinajstić information content (AvgIpc) is 3.22. The Kier molecular flexibility index (Phi) is 4.04. The number of fused-ring (bicyclic) bond motifs is 1. The van der Waals surface area contributed by atoms with Crippen LogP contribution in [-0.4, -0.2) is 35.1 Å². The summed E-state index contributed by atoms with van der Waals surface area (Å²) < 4.78 is 3.64. The zero-order chi connectivity index (χ0) is 18.1. The molecular weight excluding hydrogens is 328 g/mol. The summed E-state index contributed by atoms with van der Waals surface area (Å²) in [6.45, 7) is 0. The van der Waals surface area contributed by atoms with E-state index in [2.05, 4.69) is 26.1 Å². The van der Waals surface area contributed by atoms with Crippen molar-refractivity contribution in [3.63, 3.8) is 0 Å². The van der Waals surface area contributed by atoms with Gasteiger partial charge in [-0.05, 0) is 17.7 Å². The molecule has 0 saturated heterocycles. The first-order valence-electron chi connectivity index (χ1n) is 8.29. The van der Waals surface area contributed by atoms with Crippen LogP contribution in [0.3, 0.4) is 0 Å². The molecule has 0 aliphatic heterocycles. The lowest BCUT2D eigenvalue weighted by atomic mass is 10.1. The summed E-state index contributed by atoms with van der Waals surface area (Å²) >= 11 is 0. The molecule has 7 nitrogen and oxygen atoms in total. The van der Waals surface area contributed by atoms with Crippen molar-refractivity contribution in [2.75, 3.05) is 0 Å². The zero-order valence-electron chi connectivity index (χ0n) is 14.6. The first-order chi connectivity index (χ1) is 12.6. The van der Waals surface area contributed by atoms with Crippen LogP contribution in [0, 0.1) is 0 Å². The first kappa shape index (κ1) is 16.1. The molecule has 4 aromatic heterocycles. The van der Waals surface area contributed by atoms with Gasteiger partial charge in [0.15, 0.2) is 0 Å². The van der Waals surface area contributed by atoms with Crippen LogP contribution < -0.4 is 0 Å². The lowest BCUT2D eigenvalue weighted by Gasteiger charge is -2.05. The molecule has 0 saturated carbocycles. The van der Waals surface area contributed by atoms with Gasteiger partial charge in [-0.15, -0.1) is 0 Å². The van der Waals surface area contributed by atoms with Crippen LogP contribution in [0.15, 0.2) is 49.4 Å². The normalized spacial score (nSPS) is 11.2. The van der Waals surface area contributed by atoms with E-state index in [0.717, 1.165) is 33.4 Å². The van der Waals surface area contributed by atoms with Crippen molar-refractivity contribution in [1.29, 1.82) is 0 Å². The van der Waals surface area contributed by atoms with Crippen molar-refractivity contribution < 1.29 is 4.79 Å². The molecule has 0 radical (unpaired) electrons. The fraction of sp³-hybridized carbons (Fsp3) is 0.211. The van der Waals surface area contributed by atoms with Gasteiger partial charge in [0.05, 0.1) is 36.1 Å². The minimum Gasteiger partial charge on any atom is -0.334 e. The molecule has 0 unspecified atom stereocenters. The van der Waals surface area contributed by atoms with Gasteiger partial charge < -0.3 is 4.57 Å². The van der Waals surface area contributed by atoms with Crippen molar-refractivity contribution in [1.82, 2.24) is 29.3 Å². The monoisotopic (exact) mass is 346 g/mol. The largest absolute Gasteiger partial charge is 0.334 e. The van der Waals surface area contributed by atoms with Crippen LogP contribution in [-0.2, 0) is 31.7 Å². The molecule has 0 aromatic carbocycles. The van der Waals surface area contributed by atoms with Crippen LogP contribution in [0.1, 0.15) is 11.3 Å². The molecule has 0 aliphatic rings. The van der Waals surface area contributed by atoms with Crippen molar-refractivity contribution in [2.45, 2.75) is 12.8 Å². The smallest absolute Gasteiger partial charge is 0.143 e. The van der Waals surface area contributed by atoms with Crippen LogP contribution in [0.5, 0.6) is 0 Å². The fourth-order valence-corrected chi connectivity index (χ4v) is 3.00. The van der Waals surface area contributed by atoms with Gasteiger partial charge in [-0.3, -0.25) is 19.4 Å². The standard InChI is InChI=1S/C19H18N6O/c1-24-12-20-10-19(24)15-4-14-5-16(21-9-18(14)22-8-15)6-17(26)3-13-7-23-25(2)11-13/h4-5,7-12H,3,6H2,1-2H3. The van der Waals surface area contributed by atoms with Gasteiger partial charge in [0.1, 0.15) is 5.78 Å². The topological polar surface area (TPSA) is 78.5 Å². The number of hydrogen-bond acceptors (Lipinski definition) is 5. The van der Waals surface area contributed by atoms with Crippen molar-refractivity contribution in [3.8, 4) is 11.3 Å². The number of aryl methyl sites for hydroxylation is 2. The van der Waals surface area contributed by atoms with E-state index in [0.29, 0.717) is 12.8 Å². The number of ketones is 1. The molecule has 4 heterocycles. The number of rotatable bonds is 5. The van der Waals surface area contributed by atoms with E-state index >= 15 is 0 Å². The van der Waals surface area contributed by atoms with E-state index in [4.69, 9.17) is 0 Å². The number of hydrogen-bond donors (Lipinski definition) is 0. The van der Waals surface area contributed by atoms with E-state index in [1.807, 2.05) is 43.3 Å². The molecular formula is C19H18N6O. The van der Waals surface area contributed by atoms with Gasteiger partial charge in [0.25, 0.3) is 0 Å². The molecule has 0 N–H and O–H groups in total. The van der Waals surface area contributed by atoms with E-state index in [9.17, 15) is 4.79 Å². The summed E-state index contributed by atoms with van der Waals surface area (Å²) in [5, 5.41) is 5.05. The number of carbonyl (C=O) groups excluding carboxylic acids is 1. The molecule has 0 spiro atoms. The van der Waals surface area contributed by atoms with Gasteiger partial charge in [-0.2, -0.15) is 5.10 Å². The number of Topliss-reactive ketones (excluding diaryl/α,β-unsaturated/α-hetero) is 1. The molecule has 0 fully saturated rings. The quantitative estimate of drug-likeness (QED) is 0.553. The van der Waals surface area contributed by atoms with Crippen LogP contribution >= 0.6 is 0 Å². The van der Waals surface area contributed by atoms with E-state index < -0.39 is 0 Å².